The zero-order valence-corrected chi connectivity index (χ0v) is 9.33. The van der Waals surface area contributed by atoms with Crippen LogP contribution in [0.5, 0.6) is 0 Å². The molecule has 0 radical (unpaired) electrons. The van der Waals surface area contributed by atoms with Crippen LogP contribution in [0.2, 0.25) is 10.0 Å². The minimum Gasteiger partial charge on any atom is -0.323 e. The minimum atomic E-state index is -3.35. The Labute approximate surface area is 91.7 Å². The topological polar surface area (TPSA) is 60.2 Å². The maximum atomic E-state index is 11.6. The molecule has 0 bridgehead atoms. The molecule has 2 rings (SSSR count). The molecule has 1 aliphatic heterocycles. The molecule has 14 heavy (non-hydrogen) atoms. The Hall–Kier alpha value is -0.290. The normalized spacial score (nSPS) is 23.5. The van der Waals surface area contributed by atoms with Crippen LogP contribution in [-0.4, -0.2) is 14.2 Å². The van der Waals surface area contributed by atoms with Gasteiger partial charge in [0.2, 0.25) is 0 Å². The van der Waals surface area contributed by atoms with Gasteiger partial charge in [0.25, 0.3) is 0 Å². The lowest BCUT2D eigenvalue weighted by Crippen LogP contribution is -2.11. The molecule has 0 fully saturated rings. The fourth-order valence-corrected chi connectivity index (χ4v) is 4.08. The highest BCUT2D eigenvalue weighted by atomic mass is 35.5. The van der Waals surface area contributed by atoms with Crippen molar-refractivity contribution in [2.45, 2.75) is 10.9 Å². The first-order valence-electron chi connectivity index (χ1n) is 3.90. The summed E-state index contributed by atoms with van der Waals surface area (Å²) in [6, 6.07) is 2.67. The number of hydrogen-bond donors (Lipinski definition) is 1. The monoisotopic (exact) mass is 251 g/mol. The van der Waals surface area contributed by atoms with E-state index in [-0.39, 0.29) is 20.7 Å². The molecule has 1 aromatic carbocycles. The molecule has 1 atom stereocenters. The Morgan fingerprint density at radius 1 is 1.36 bits per heavy atom. The predicted molar refractivity (Wildman–Crippen MR) is 55.4 cm³/mol. The van der Waals surface area contributed by atoms with E-state index in [0.717, 1.165) is 0 Å². The van der Waals surface area contributed by atoms with Crippen LogP contribution in [0, 0.1) is 0 Å². The second-order valence-electron chi connectivity index (χ2n) is 3.17. The van der Waals surface area contributed by atoms with Gasteiger partial charge in [0, 0.05) is 6.04 Å². The first kappa shape index (κ1) is 10.2. The van der Waals surface area contributed by atoms with E-state index in [2.05, 4.69) is 0 Å². The highest BCUT2D eigenvalue weighted by molar-refractivity contribution is 7.92. The van der Waals surface area contributed by atoms with Crippen LogP contribution >= 0.6 is 23.2 Å². The predicted octanol–water partition coefficient (Wildman–Crippen LogP) is 1.78. The molecular weight excluding hydrogens is 245 g/mol. The van der Waals surface area contributed by atoms with Crippen molar-refractivity contribution in [1.82, 2.24) is 0 Å². The number of nitrogens with two attached hydrogens (primary N) is 1. The summed E-state index contributed by atoms with van der Waals surface area (Å²) in [7, 11) is -3.35. The second-order valence-corrected chi connectivity index (χ2v) is 5.92. The molecule has 3 nitrogen and oxygen atoms in total. The molecule has 0 amide bonds. The second kappa shape index (κ2) is 3.10. The van der Waals surface area contributed by atoms with E-state index >= 15 is 0 Å². The van der Waals surface area contributed by atoms with E-state index in [1.165, 1.54) is 0 Å². The van der Waals surface area contributed by atoms with Crippen molar-refractivity contribution in [3.8, 4) is 0 Å². The lowest BCUT2D eigenvalue weighted by atomic mass is 10.1. The summed E-state index contributed by atoms with van der Waals surface area (Å²) in [5.74, 6) is -0.0948. The SMILES string of the molecule is NC1CS(=O)(=O)c2c1ccc(Cl)c2Cl. The summed E-state index contributed by atoms with van der Waals surface area (Å²) in [4.78, 5) is 0.0965. The lowest BCUT2D eigenvalue weighted by Gasteiger charge is -2.04. The van der Waals surface area contributed by atoms with Crippen LogP contribution in [0.1, 0.15) is 11.6 Å². The number of fused-ring (bicyclic) bond motifs is 1. The Balaban J connectivity index is 2.84. The molecule has 0 aliphatic carbocycles. The number of benzene rings is 1. The molecule has 0 saturated carbocycles. The van der Waals surface area contributed by atoms with Crippen LogP contribution in [0.25, 0.3) is 0 Å². The molecule has 0 spiro atoms. The Kier molecular flexibility index (Phi) is 2.27. The molecule has 1 aliphatic rings. The van der Waals surface area contributed by atoms with Gasteiger partial charge < -0.3 is 5.73 Å². The van der Waals surface area contributed by atoms with E-state index in [1.807, 2.05) is 0 Å². The van der Waals surface area contributed by atoms with E-state index < -0.39 is 15.9 Å². The van der Waals surface area contributed by atoms with E-state index in [1.54, 1.807) is 12.1 Å². The van der Waals surface area contributed by atoms with Crippen molar-refractivity contribution in [2.75, 3.05) is 5.75 Å². The van der Waals surface area contributed by atoms with Crippen molar-refractivity contribution in [1.29, 1.82) is 0 Å². The summed E-state index contributed by atoms with van der Waals surface area (Å²) in [5.41, 5.74) is 6.22. The van der Waals surface area contributed by atoms with Crippen molar-refractivity contribution in [3.05, 3.63) is 27.7 Å². The summed E-state index contributed by atoms with van der Waals surface area (Å²) in [5, 5.41) is 0.320. The Morgan fingerprint density at radius 2 is 2.00 bits per heavy atom. The summed E-state index contributed by atoms with van der Waals surface area (Å²) < 4.78 is 23.2. The average molecular weight is 252 g/mol. The number of rotatable bonds is 0. The molecule has 1 unspecified atom stereocenters. The first-order valence-corrected chi connectivity index (χ1v) is 6.30. The molecule has 6 heteroatoms. The van der Waals surface area contributed by atoms with Gasteiger partial charge in [-0.3, -0.25) is 0 Å². The summed E-state index contributed by atoms with van der Waals surface area (Å²) in [6.45, 7) is 0. The van der Waals surface area contributed by atoms with Crippen molar-refractivity contribution in [3.63, 3.8) is 0 Å². The van der Waals surface area contributed by atoms with Gasteiger partial charge in [-0.05, 0) is 11.6 Å². The average Bonchev–Trinajstić information content (AvgIpc) is 2.29. The highest BCUT2D eigenvalue weighted by Gasteiger charge is 2.35. The van der Waals surface area contributed by atoms with Gasteiger partial charge in [-0.25, -0.2) is 8.42 Å². The van der Waals surface area contributed by atoms with Crippen LogP contribution in [0.15, 0.2) is 17.0 Å². The first-order chi connectivity index (χ1) is 6.43. The van der Waals surface area contributed by atoms with Gasteiger partial charge in [-0.1, -0.05) is 29.3 Å². The molecule has 1 heterocycles. The summed E-state index contributed by atoms with van der Waals surface area (Å²) >= 11 is 11.6. The standard InChI is InChI=1S/C8H7Cl2NO2S/c9-5-2-1-4-6(11)3-14(12,13)8(4)7(5)10/h1-2,6H,3,11H2. The van der Waals surface area contributed by atoms with Crippen molar-refractivity contribution >= 4 is 33.0 Å². The van der Waals surface area contributed by atoms with E-state index in [9.17, 15) is 8.42 Å². The fraction of sp³-hybridized carbons (Fsp3) is 0.250. The Morgan fingerprint density at radius 3 is 2.64 bits per heavy atom. The molecule has 76 valence electrons. The van der Waals surface area contributed by atoms with Gasteiger partial charge in [0.15, 0.2) is 9.84 Å². The molecule has 0 saturated heterocycles. The van der Waals surface area contributed by atoms with Crippen LogP contribution in [0.3, 0.4) is 0 Å². The third kappa shape index (κ3) is 1.34. The van der Waals surface area contributed by atoms with Crippen LogP contribution in [-0.2, 0) is 9.84 Å². The highest BCUT2D eigenvalue weighted by Crippen LogP contribution is 2.40. The third-order valence-electron chi connectivity index (χ3n) is 2.19. The smallest absolute Gasteiger partial charge is 0.182 e. The lowest BCUT2D eigenvalue weighted by molar-refractivity contribution is 0.598. The zero-order chi connectivity index (χ0) is 10.5. The summed E-state index contributed by atoms with van der Waals surface area (Å²) in [6.07, 6.45) is 0. The quantitative estimate of drug-likeness (QED) is 0.765. The largest absolute Gasteiger partial charge is 0.323 e. The molecule has 2 N–H and O–H groups in total. The maximum absolute atomic E-state index is 11.6. The number of sulfone groups is 1. The zero-order valence-electron chi connectivity index (χ0n) is 7.00. The van der Waals surface area contributed by atoms with Gasteiger partial charge in [-0.15, -0.1) is 0 Å². The van der Waals surface area contributed by atoms with Crippen molar-refractivity contribution < 1.29 is 8.42 Å². The van der Waals surface area contributed by atoms with Gasteiger partial charge in [0.1, 0.15) is 0 Å². The minimum absolute atomic E-state index is 0.0807. The molecule has 0 aromatic heterocycles. The molecule has 1 aromatic rings. The maximum Gasteiger partial charge on any atom is 0.182 e. The van der Waals surface area contributed by atoms with Gasteiger partial charge >= 0.3 is 0 Å². The van der Waals surface area contributed by atoms with E-state index in [4.69, 9.17) is 28.9 Å². The van der Waals surface area contributed by atoms with Crippen LogP contribution in [0.4, 0.5) is 0 Å². The van der Waals surface area contributed by atoms with Crippen molar-refractivity contribution in [2.24, 2.45) is 5.73 Å². The number of hydrogen-bond acceptors (Lipinski definition) is 3. The van der Waals surface area contributed by atoms with Gasteiger partial charge in [0.05, 0.1) is 20.7 Å². The van der Waals surface area contributed by atoms with Gasteiger partial charge in [-0.2, -0.15) is 0 Å². The Bertz CT molecular complexity index is 498. The fourth-order valence-electron chi connectivity index (χ4n) is 1.56. The van der Waals surface area contributed by atoms with Crippen LogP contribution < -0.4 is 5.73 Å². The number of halogens is 2. The third-order valence-corrected chi connectivity index (χ3v) is 4.97. The van der Waals surface area contributed by atoms with E-state index in [0.29, 0.717) is 5.56 Å². The molecular formula is C8H7Cl2NO2S.